The lowest BCUT2D eigenvalue weighted by molar-refractivity contribution is 0.401. The van der Waals surface area contributed by atoms with Gasteiger partial charge in [-0.1, -0.05) is 12.1 Å². The molecule has 0 radical (unpaired) electrons. The van der Waals surface area contributed by atoms with Crippen LogP contribution in [0.25, 0.3) is 0 Å². The Bertz CT molecular complexity index is 271. The fraction of sp³-hybridized carbons (Fsp3) is 0.222. The molecule has 2 nitrogen and oxygen atoms in total. The Balaban J connectivity index is 0.00000144. The van der Waals surface area contributed by atoms with E-state index in [1.165, 1.54) is 7.11 Å². The molecule has 72 valence electrons. The second-order valence-electron chi connectivity index (χ2n) is 2.36. The van der Waals surface area contributed by atoms with E-state index >= 15 is 0 Å². The zero-order chi connectivity index (χ0) is 8.97. The van der Waals surface area contributed by atoms with Crippen LogP contribution in [-0.2, 0) is 10.6 Å². The molecule has 1 aromatic carbocycles. The summed E-state index contributed by atoms with van der Waals surface area (Å²) in [4.78, 5) is 0. The van der Waals surface area contributed by atoms with Gasteiger partial charge in [0.2, 0.25) is 5.90 Å². The van der Waals surface area contributed by atoms with Gasteiger partial charge in [0.25, 0.3) is 0 Å². The molecule has 0 aromatic heterocycles. The molecule has 0 unspecified atom stereocenters. The lowest BCUT2D eigenvalue weighted by Gasteiger charge is -2.01. The number of hydrogen-bond donors (Lipinski definition) is 1. The van der Waals surface area contributed by atoms with Crippen LogP contribution in [0, 0.1) is 5.41 Å². The molecule has 0 spiro atoms. The predicted molar refractivity (Wildman–Crippen MR) is 57.1 cm³/mol. The first-order valence-electron chi connectivity index (χ1n) is 3.55. The van der Waals surface area contributed by atoms with Crippen LogP contribution in [0.2, 0.25) is 0 Å². The van der Waals surface area contributed by atoms with Crippen molar-refractivity contribution >= 4 is 29.9 Å². The van der Waals surface area contributed by atoms with Gasteiger partial charge in [0.1, 0.15) is 0 Å². The average molecular weight is 220 g/mol. The van der Waals surface area contributed by atoms with Crippen LogP contribution in [0.1, 0.15) is 11.1 Å². The van der Waals surface area contributed by atoms with Crippen LogP contribution in [0.3, 0.4) is 0 Å². The van der Waals surface area contributed by atoms with E-state index in [0.29, 0.717) is 5.88 Å². The lowest BCUT2D eigenvalue weighted by Crippen LogP contribution is -2.00. The first kappa shape index (κ1) is 12.3. The minimum Gasteiger partial charge on any atom is -0.481 e. The van der Waals surface area contributed by atoms with E-state index in [4.69, 9.17) is 21.7 Å². The maximum absolute atomic E-state index is 7.35. The molecule has 4 heteroatoms. The highest BCUT2D eigenvalue weighted by Crippen LogP contribution is 2.07. The topological polar surface area (TPSA) is 33.1 Å². The van der Waals surface area contributed by atoms with Crippen molar-refractivity contribution in [2.24, 2.45) is 0 Å². The van der Waals surface area contributed by atoms with Gasteiger partial charge in [0.05, 0.1) is 7.11 Å². The summed E-state index contributed by atoms with van der Waals surface area (Å²) in [5, 5.41) is 7.35. The van der Waals surface area contributed by atoms with E-state index in [0.717, 1.165) is 11.1 Å². The third-order valence-corrected chi connectivity index (χ3v) is 1.88. The molecule has 0 saturated heterocycles. The Morgan fingerprint density at radius 2 is 1.92 bits per heavy atom. The molecule has 0 aliphatic carbocycles. The highest BCUT2D eigenvalue weighted by Gasteiger charge is 1.98. The summed E-state index contributed by atoms with van der Waals surface area (Å²) >= 11 is 5.61. The Kier molecular flexibility index (Phi) is 5.51. The maximum atomic E-state index is 7.35. The third-order valence-electron chi connectivity index (χ3n) is 1.57. The van der Waals surface area contributed by atoms with Crippen molar-refractivity contribution in [3.63, 3.8) is 0 Å². The lowest BCUT2D eigenvalue weighted by atomic mass is 10.1. The molecule has 0 heterocycles. The molecule has 0 bridgehead atoms. The molecule has 1 aromatic rings. The second kappa shape index (κ2) is 5.84. The molecule has 0 aliphatic heterocycles. The Morgan fingerprint density at radius 1 is 1.38 bits per heavy atom. The third kappa shape index (κ3) is 3.25. The number of hydrogen-bond acceptors (Lipinski definition) is 2. The van der Waals surface area contributed by atoms with Crippen molar-refractivity contribution in [1.82, 2.24) is 0 Å². The van der Waals surface area contributed by atoms with E-state index < -0.39 is 0 Å². The van der Waals surface area contributed by atoms with Crippen LogP contribution in [0.15, 0.2) is 24.3 Å². The Morgan fingerprint density at radius 3 is 2.31 bits per heavy atom. The number of methoxy groups -OCH3 is 1. The zero-order valence-electron chi connectivity index (χ0n) is 7.21. The van der Waals surface area contributed by atoms with Gasteiger partial charge >= 0.3 is 0 Å². The van der Waals surface area contributed by atoms with Crippen molar-refractivity contribution in [2.75, 3.05) is 7.11 Å². The highest BCUT2D eigenvalue weighted by atomic mass is 35.5. The van der Waals surface area contributed by atoms with Crippen molar-refractivity contribution in [1.29, 1.82) is 5.41 Å². The first-order valence-corrected chi connectivity index (χ1v) is 4.09. The Hall–Kier alpha value is -0.730. The molecule has 0 saturated carbocycles. The van der Waals surface area contributed by atoms with Gasteiger partial charge in [0, 0.05) is 11.4 Å². The smallest absolute Gasteiger partial charge is 0.212 e. The quantitative estimate of drug-likeness (QED) is 0.464. The normalized spacial score (nSPS) is 8.77. The van der Waals surface area contributed by atoms with E-state index in [1.54, 1.807) is 0 Å². The van der Waals surface area contributed by atoms with Gasteiger partial charge in [-0.2, -0.15) is 0 Å². The van der Waals surface area contributed by atoms with E-state index in [2.05, 4.69) is 0 Å². The number of nitrogens with one attached hydrogen (secondary N) is 1. The number of alkyl halides is 1. The molecule has 1 rings (SSSR count). The molecule has 13 heavy (non-hydrogen) atoms. The van der Waals surface area contributed by atoms with Gasteiger partial charge in [-0.25, -0.2) is 0 Å². The maximum Gasteiger partial charge on any atom is 0.212 e. The summed E-state index contributed by atoms with van der Waals surface area (Å²) in [5.41, 5.74) is 1.82. The van der Waals surface area contributed by atoms with Crippen LogP contribution >= 0.6 is 24.0 Å². The van der Waals surface area contributed by atoms with Crippen molar-refractivity contribution in [3.8, 4) is 0 Å². The van der Waals surface area contributed by atoms with Gasteiger partial charge in [-0.3, -0.25) is 5.41 Å². The predicted octanol–water partition coefficient (Wildman–Crippen LogP) is 2.82. The van der Waals surface area contributed by atoms with Gasteiger partial charge in [-0.15, -0.1) is 24.0 Å². The van der Waals surface area contributed by atoms with E-state index in [-0.39, 0.29) is 18.3 Å². The minimum absolute atomic E-state index is 0. The largest absolute Gasteiger partial charge is 0.481 e. The summed E-state index contributed by atoms with van der Waals surface area (Å²) in [6.45, 7) is 0. The SMILES string of the molecule is COC(=N)c1ccc(CCl)cc1.Cl. The summed E-state index contributed by atoms with van der Waals surface area (Å²) in [5.74, 6) is 0.678. The van der Waals surface area contributed by atoms with Crippen LogP contribution in [-0.4, -0.2) is 13.0 Å². The number of rotatable bonds is 2. The Labute approximate surface area is 88.8 Å². The molecule has 0 fully saturated rings. The average Bonchev–Trinajstić information content (AvgIpc) is 2.17. The summed E-state index contributed by atoms with van der Waals surface area (Å²) in [6, 6.07) is 7.42. The van der Waals surface area contributed by atoms with Gasteiger partial charge in [-0.05, 0) is 17.7 Å². The van der Waals surface area contributed by atoms with E-state index in [1.807, 2.05) is 24.3 Å². The van der Waals surface area contributed by atoms with Crippen molar-refractivity contribution in [2.45, 2.75) is 5.88 Å². The summed E-state index contributed by atoms with van der Waals surface area (Å²) < 4.78 is 4.76. The molecule has 0 aliphatic rings. The summed E-state index contributed by atoms with van der Waals surface area (Å²) in [7, 11) is 1.48. The molecule has 0 atom stereocenters. The van der Waals surface area contributed by atoms with Crippen LogP contribution in [0.5, 0.6) is 0 Å². The molecular weight excluding hydrogens is 209 g/mol. The fourth-order valence-electron chi connectivity index (χ4n) is 0.863. The number of ether oxygens (including phenoxy) is 1. The van der Waals surface area contributed by atoms with Crippen LogP contribution < -0.4 is 0 Å². The first-order chi connectivity index (χ1) is 5.77. The van der Waals surface area contributed by atoms with Gasteiger partial charge < -0.3 is 4.74 Å². The second-order valence-corrected chi connectivity index (χ2v) is 2.63. The standard InChI is InChI=1S/C9H10ClNO.ClH/c1-12-9(11)8-4-2-7(6-10)3-5-8;/h2-5,11H,6H2,1H3;1H. The van der Waals surface area contributed by atoms with E-state index in [9.17, 15) is 0 Å². The van der Waals surface area contributed by atoms with Crippen molar-refractivity contribution < 1.29 is 4.74 Å². The van der Waals surface area contributed by atoms with Crippen LogP contribution in [0.4, 0.5) is 0 Å². The van der Waals surface area contributed by atoms with Gasteiger partial charge in [0.15, 0.2) is 0 Å². The summed E-state index contributed by atoms with van der Waals surface area (Å²) in [6.07, 6.45) is 0. The highest BCUT2D eigenvalue weighted by molar-refractivity contribution is 6.17. The van der Waals surface area contributed by atoms with Crippen molar-refractivity contribution in [3.05, 3.63) is 35.4 Å². The fourth-order valence-corrected chi connectivity index (χ4v) is 1.04. The molecule has 0 amide bonds. The zero-order valence-corrected chi connectivity index (χ0v) is 8.78. The minimum atomic E-state index is 0. The number of halogens is 2. The molecular formula is C9H11Cl2NO. The monoisotopic (exact) mass is 219 g/mol. The number of benzene rings is 1. The molecule has 1 N–H and O–H groups in total.